The summed E-state index contributed by atoms with van der Waals surface area (Å²) in [7, 11) is -0.620. The molecule has 3 rings (SSSR count). The second-order valence-electron chi connectivity index (χ2n) is 5.44. The van der Waals surface area contributed by atoms with Gasteiger partial charge >= 0.3 is 0 Å². The van der Waals surface area contributed by atoms with Crippen molar-refractivity contribution in [1.82, 2.24) is 10.2 Å². The molecule has 2 saturated heterocycles. The molecule has 0 amide bonds. The van der Waals surface area contributed by atoms with Crippen molar-refractivity contribution in [2.24, 2.45) is 0 Å². The van der Waals surface area contributed by atoms with Gasteiger partial charge in [0.05, 0.1) is 0 Å². The fraction of sp³-hybridized carbons (Fsp3) is 0.571. The third-order valence-electron chi connectivity index (χ3n) is 3.95. The molecule has 2 aliphatic heterocycles. The van der Waals surface area contributed by atoms with Crippen molar-refractivity contribution in [2.75, 3.05) is 31.1 Å². The predicted molar refractivity (Wildman–Crippen MR) is 74.9 cm³/mol. The van der Waals surface area contributed by atoms with Crippen LogP contribution in [0.5, 0.6) is 0 Å². The highest BCUT2D eigenvalue weighted by Crippen LogP contribution is 2.25. The lowest BCUT2D eigenvalue weighted by Gasteiger charge is -2.34. The van der Waals surface area contributed by atoms with E-state index in [1.165, 1.54) is 5.56 Å². The lowest BCUT2D eigenvalue weighted by Crippen LogP contribution is -2.56. The SMILES string of the molecule is O=S1CCNC2(CCN(Cc3ccccc3)C2)C1. The number of nitrogens with one attached hydrogen (secondary N) is 1. The van der Waals surface area contributed by atoms with Crippen molar-refractivity contribution >= 4 is 10.8 Å². The monoisotopic (exact) mass is 264 g/mol. The minimum Gasteiger partial charge on any atom is -0.308 e. The van der Waals surface area contributed by atoms with Gasteiger partial charge in [-0.05, 0) is 12.0 Å². The number of likely N-dealkylation sites (tertiary alicyclic amines) is 1. The van der Waals surface area contributed by atoms with Gasteiger partial charge in [-0.3, -0.25) is 9.11 Å². The molecule has 2 heterocycles. The van der Waals surface area contributed by atoms with Crippen LogP contribution in [0.25, 0.3) is 0 Å². The average molecular weight is 264 g/mol. The minimum absolute atomic E-state index is 0.123. The van der Waals surface area contributed by atoms with Crippen molar-refractivity contribution in [3.63, 3.8) is 0 Å². The molecule has 2 fully saturated rings. The molecule has 0 aliphatic carbocycles. The van der Waals surface area contributed by atoms with Gasteiger partial charge in [-0.25, -0.2) is 0 Å². The van der Waals surface area contributed by atoms with E-state index in [2.05, 4.69) is 40.5 Å². The summed E-state index contributed by atoms with van der Waals surface area (Å²) >= 11 is 0. The molecule has 2 unspecified atom stereocenters. The Morgan fingerprint density at radius 2 is 2.17 bits per heavy atom. The van der Waals surface area contributed by atoms with E-state index >= 15 is 0 Å². The first kappa shape index (κ1) is 12.3. The van der Waals surface area contributed by atoms with Crippen LogP contribution in [0.3, 0.4) is 0 Å². The summed E-state index contributed by atoms with van der Waals surface area (Å²) in [6.45, 7) is 4.06. The highest BCUT2D eigenvalue weighted by Gasteiger charge is 2.40. The van der Waals surface area contributed by atoms with Gasteiger partial charge in [0.15, 0.2) is 0 Å². The van der Waals surface area contributed by atoms with Crippen molar-refractivity contribution < 1.29 is 4.21 Å². The molecule has 2 atom stereocenters. The number of hydrogen-bond acceptors (Lipinski definition) is 3. The van der Waals surface area contributed by atoms with Crippen LogP contribution >= 0.6 is 0 Å². The molecular weight excluding hydrogens is 244 g/mol. The van der Waals surface area contributed by atoms with Gasteiger partial charge in [0.1, 0.15) is 0 Å². The van der Waals surface area contributed by atoms with E-state index in [9.17, 15) is 4.21 Å². The number of nitrogens with zero attached hydrogens (tertiary/aromatic N) is 1. The van der Waals surface area contributed by atoms with Gasteiger partial charge in [0.25, 0.3) is 0 Å². The zero-order chi connectivity index (χ0) is 12.4. The highest BCUT2D eigenvalue weighted by atomic mass is 32.2. The van der Waals surface area contributed by atoms with E-state index in [1.807, 2.05) is 0 Å². The Kier molecular flexibility index (Phi) is 3.50. The second-order valence-corrected chi connectivity index (χ2v) is 7.02. The van der Waals surface area contributed by atoms with Gasteiger partial charge < -0.3 is 5.32 Å². The third-order valence-corrected chi connectivity index (χ3v) is 5.48. The molecule has 0 saturated carbocycles. The van der Waals surface area contributed by atoms with Crippen LogP contribution < -0.4 is 5.32 Å². The predicted octanol–water partition coefficient (Wildman–Crippen LogP) is 0.983. The van der Waals surface area contributed by atoms with Crippen LogP contribution in [0.4, 0.5) is 0 Å². The molecule has 1 N–H and O–H groups in total. The van der Waals surface area contributed by atoms with Gasteiger partial charge in [-0.15, -0.1) is 0 Å². The summed E-state index contributed by atoms with van der Waals surface area (Å²) in [5, 5.41) is 3.61. The van der Waals surface area contributed by atoms with Gasteiger partial charge in [0.2, 0.25) is 0 Å². The fourth-order valence-corrected chi connectivity index (χ4v) is 4.49. The maximum atomic E-state index is 11.7. The molecule has 18 heavy (non-hydrogen) atoms. The van der Waals surface area contributed by atoms with E-state index in [1.54, 1.807) is 0 Å². The van der Waals surface area contributed by atoms with Gasteiger partial charge in [-0.1, -0.05) is 30.3 Å². The Morgan fingerprint density at radius 1 is 1.33 bits per heavy atom. The van der Waals surface area contributed by atoms with Crippen LogP contribution in [0.15, 0.2) is 30.3 Å². The highest BCUT2D eigenvalue weighted by molar-refractivity contribution is 7.85. The number of hydrogen-bond donors (Lipinski definition) is 1. The summed E-state index contributed by atoms with van der Waals surface area (Å²) in [6, 6.07) is 10.6. The number of benzene rings is 1. The third kappa shape index (κ3) is 2.66. The van der Waals surface area contributed by atoms with Crippen molar-refractivity contribution in [3.05, 3.63) is 35.9 Å². The van der Waals surface area contributed by atoms with Gasteiger partial charge in [0, 0.05) is 54.0 Å². The zero-order valence-electron chi connectivity index (χ0n) is 10.6. The van der Waals surface area contributed by atoms with E-state index in [4.69, 9.17) is 0 Å². The first-order valence-corrected chi connectivity index (χ1v) is 8.11. The molecule has 1 aromatic carbocycles. The first-order valence-electron chi connectivity index (χ1n) is 6.62. The maximum Gasteiger partial charge on any atom is 0.0437 e. The fourth-order valence-electron chi connectivity index (χ4n) is 3.06. The standard InChI is InChI=1S/C14H20N2OS/c17-18-9-7-15-14(12-18)6-8-16(11-14)10-13-4-2-1-3-5-13/h1-5,15H,6-12H2. The molecule has 1 spiro atoms. The van der Waals surface area contributed by atoms with E-state index in [0.717, 1.165) is 44.1 Å². The van der Waals surface area contributed by atoms with Crippen LogP contribution in [0.1, 0.15) is 12.0 Å². The second kappa shape index (κ2) is 5.11. The first-order chi connectivity index (χ1) is 8.76. The normalized spacial score (nSPS) is 33.0. The van der Waals surface area contributed by atoms with Crippen molar-refractivity contribution in [1.29, 1.82) is 0 Å². The van der Waals surface area contributed by atoms with E-state index in [0.29, 0.717) is 0 Å². The van der Waals surface area contributed by atoms with Crippen molar-refractivity contribution in [2.45, 2.75) is 18.5 Å². The Bertz CT molecular complexity index is 437. The van der Waals surface area contributed by atoms with Gasteiger partial charge in [-0.2, -0.15) is 0 Å². The summed E-state index contributed by atoms with van der Waals surface area (Å²) in [5.74, 6) is 1.65. The maximum absolute atomic E-state index is 11.7. The Hall–Kier alpha value is -0.710. The zero-order valence-corrected chi connectivity index (χ0v) is 11.4. The Labute approximate surface area is 111 Å². The summed E-state index contributed by atoms with van der Waals surface area (Å²) < 4.78 is 11.7. The smallest absolute Gasteiger partial charge is 0.0437 e. The van der Waals surface area contributed by atoms with E-state index in [-0.39, 0.29) is 5.54 Å². The van der Waals surface area contributed by atoms with Crippen molar-refractivity contribution in [3.8, 4) is 0 Å². The minimum atomic E-state index is -0.620. The lowest BCUT2D eigenvalue weighted by atomic mass is 10.0. The molecule has 1 aromatic rings. The Morgan fingerprint density at radius 3 is 2.94 bits per heavy atom. The Balaban J connectivity index is 1.63. The molecule has 0 radical (unpaired) electrons. The quantitative estimate of drug-likeness (QED) is 0.864. The molecule has 0 aromatic heterocycles. The molecule has 98 valence electrons. The molecule has 2 aliphatic rings. The summed E-state index contributed by atoms with van der Waals surface area (Å²) in [6.07, 6.45) is 1.13. The van der Waals surface area contributed by atoms with Crippen LogP contribution in [-0.4, -0.2) is 45.8 Å². The molecule has 0 bridgehead atoms. The number of rotatable bonds is 2. The van der Waals surface area contributed by atoms with Crippen LogP contribution in [0, 0.1) is 0 Å². The largest absolute Gasteiger partial charge is 0.308 e. The van der Waals surface area contributed by atoms with E-state index < -0.39 is 10.8 Å². The summed E-state index contributed by atoms with van der Waals surface area (Å²) in [5.41, 5.74) is 1.49. The lowest BCUT2D eigenvalue weighted by molar-refractivity contribution is 0.288. The molecular formula is C14H20N2OS. The van der Waals surface area contributed by atoms with Crippen LogP contribution in [0.2, 0.25) is 0 Å². The summed E-state index contributed by atoms with van der Waals surface area (Å²) in [4.78, 5) is 2.48. The average Bonchev–Trinajstić information content (AvgIpc) is 2.73. The topological polar surface area (TPSA) is 32.3 Å². The molecule has 4 heteroatoms. The van der Waals surface area contributed by atoms with Crippen LogP contribution in [-0.2, 0) is 17.3 Å². The molecule has 3 nitrogen and oxygen atoms in total.